The summed E-state index contributed by atoms with van der Waals surface area (Å²) in [6.07, 6.45) is 0. The zero-order valence-corrected chi connectivity index (χ0v) is 29.4. The van der Waals surface area contributed by atoms with Crippen LogP contribution in [0.1, 0.15) is 49.9 Å². The van der Waals surface area contributed by atoms with Crippen LogP contribution in [0, 0.1) is 0 Å². The normalized spacial score (nSPS) is 15.3. The van der Waals surface area contributed by atoms with Gasteiger partial charge in [-0.15, -0.1) is 0 Å². The van der Waals surface area contributed by atoms with Crippen molar-refractivity contribution in [3.8, 4) is 39.3 Å². The van der Waals surface area contributed by atoms with Gasteiger partial charge >= 0.3 is 0 Å². The lowest BCUT2D eigenvalue weighted by molar-refractivity contribution is 0.694. The van der Waals surface area contributed by atoms with Gasteiger partial charge in [0.2, 0.25) is 0 Å². The van der Waals surface area contributed by atoms with Gasteiger partial charge in [-0.1, -0.05) is 143 Å². The highest BCUT2D eigenvalue weighted by molar-refractivity contribution is 6.10. The maximum Gasteiger partial charge on any atom is 0.145 e. The largest absolute Gasteiger partial charge is 0.292 e. The molecule has 51 heavy (non-hydrogen) atoms. The maximum atomic E-state index is 5.08. The molecule has 2 nitrogen and oxygen atoms in total. The van der Waals surface area contributed by atoms with Crippen LogP contribution in [0.15, 0.2) is 158 Å². The first-order chi connectivity index (χ1) is 24.8. The van der Waals surface area contributed by atoms with Crippen LogP contribution in [-0.2, 0) is 10.8 Å². The van der Waals surface area contributed by atoms with Crippen LogP contribution in [0.3, 0.4) is 0 Å². The number of allylic oxidation sites excluding steroid dienone is 2. The van der Waals surface area contributed by atoms with Gasteiger partial charge in [0.15, 0.2) is 0 Å². The molecule has 0 amide bonds. The van der Waals surface area contributed by atoms with Crippen molar-refractivity contribution in [1.29, 1.82) is 0 Å². The van der Waals surface area contributed by atoms with Gasteiger partial charge in [-0.05, 0) is 109 Å². The van der Waals surface area contributed by atoms with E-state index in [0.717, 1.165) is 28.1 Å². The zero-order valence-electron chi connectivity index (χ0n) is 29.4. The van der Waals surface area contributed by atoms with Gasteiger partial charge in [0.1, 0.15) is 5.82 Å². The number of hydrogen-bond acceptors (Lipinski definition) is 1. The van der Waals surface area contributed by atoms with E-state index in [1.165, 1.54) is 66.4 Å². The summed E-state index contributed by atoms with van der Waals surface area (Å²) in [5.41, 5.74) is 17.7. The monoisotopic (exact) mass is 654 g/mol. The standard InChI is InChI=1S/C49H38N2/c1-48(2)41-29-36(32-18-21-33(22-19-32)47-50-43-16-10-11-17-44(43)51(47)38-14-6-5-7-15-38)24-26-39(41)45-46(48)40-27-25-37(30-42(40)49(45,3)4)35-23-20-31-12-8-9-13-34(31)28-35/h5-30H,1-4H3. The molecule has 0 N–H and O–H groups in total. The Balaban J connectivity index is 1.00. The average molecular weight is 655 g/mol. The van der Waals surface area contributed by atoms with Crippen LogP contribution in [0.2, 0.25) is 0 Å². The predicted molar refractivity (Wildman–Crippen MR) is 214 cm³/mol. The van der Waals surface area contributed by atoms with Crippen molar-refractivity contribution >= 4 is 33.0 Å². The second-order valence-corrected chi connectivity index (χ2v) is 15.3. The molecule has 0 unspecified atom stereocenters. The summed E-state index contributed by atoms with van der Waals surface area (Å²) < 4.78 is 2.26. The maximum absolute atomic E-state index is 5.08. The van der Waals surface area contributed by atoms with Crippen molar-refractivity contribution in [2.75, 3.05) is 0 Å². The molecular formula is C49H38N2. The topological polar surface area (TPSA) is 17.8 Å². The fourth-order valence-electron chi connectivity index (χ4n) is 8.99. The first-order valence-corrected chi connectivity index (χ1v) is 18.0. The molecule has 0 atom stereocenters. The first-order valence-electron chi connectivity index (χ1n) is 18.0. The van der Waals surface area contributed by atoms with Crippen molar-refractivity contribution in [3.63, 3.8) is 0 Å². The number of rotatable bonds is 4. The van der Waals surface area contributed by atoms with Crippen LogP contribution in [0.25, 0.3) is 72.3 Å². The molecule has 244 valence electrons. The molecule has 7 aromatic carbocycles. The summed E-state index contributed by atoms with van der Waals surface area (Å²) >= 11 is 0. The lowest BCUT2D eigenvalue weighted by Crippen LogP contribution is -2.19. The molecule has 2 aliphatic carbocycles. The highest BCUT2D eigenvalue weighted by atomic mass is 15.1. The number of imidazole rings is 1. The van der Waals surface area contributed by atoms with Gasteiger partial charge in [0, 0.05) is 22.1 Å². The van der Waals surface area contributed by atoms with Crippen LogP contribution >= 0.6 is 0 Å². The molecule has 8 aromatic rings. The molecule has 0 aliphatic heterocycles. The Hall–Kier alpha value is -5.99. The third kappa shape index (κ3) is 4.39. The minimum Gasteiger partial charge on any atom is -0.292 e. The molecule has 0 radical (unpaired) electrons. The van der Waals surface area contributed by atoms with Gasteiger partial charge in [-0.2, -0.15) is 0 Å². The summed E-state index contributed by atoms with van der Waals surface area (Å²) in [6, 6.07) is 57.6. The Morgan fingerprint density at radius 3 is 1.63 bits per heavy atom. The van der Waals surface area contributed by atoms with Crippen molar-refractivity contribution in [2.45, 2.75) is 38.5 Å². The van der Waals surface area contributed by atoms with E-state index in [1.54, 1.807) is 0 Å². The van der Waals surface area contributed by atoms with Crippen molar-refractivity contribution in [2.24, 2.45) is 0 Å². The lowest BCUT2D eigenvalue weighted by Gasteiger charge is -2.29. The minimum absolute atomic E-state index is 0.104. The number of para-hydroxylation sites is 3. The molecular weight excluding hydrogens is 617 g/mol. The third-order valence-electron chi connectivity index (χ3n) is 11.6. The number of nitrogens with zero attached hydrogens (tertiary/aromatic N) is 2. The molecule has 1 aromatic heterocycles. The predicted octanol–water partition coefficient (Wildman–Crippen LogP) is 12.7. The summed E-state index contributed by atoms with van der Waals surface area (Å²) in [5.74, 6) is 0.953. The molecule has 0 bridgehead atoms. The van der Waals surface area contributed by atoms with E-state index in [2.05, 4.69) is 190 Å². The van der Waals surface area contributed by atoms with Gasteiger partial charge in [0.25, 0.3) is 0 Å². The van der Waals surface area contributed by atoms with E-state index in [1.807, 2.05) is 0 Å². The van der Waals surface area contributed by atoms with Gasteiger partial charge in [-0.25, -0.2) is 4.98 Å². The summed E-state index contributed by atoms with van der Waals surface area (Å²) in [4.78, 5) is 5.08. The van der Waals surface area contributed by atoms with E-state index in [9.17, 15) is 0 Å². The summed E-state index contributed by atoms with van der Waals surface area (Å²) in [5, 5.41) is 2.56. The first kappa shape index (κ1) is 29.9. The van der Waals surface area contributed by atoms with Gasteiger partial charge in [0.05, 0.1) is 11.0 Å². The Kier molecular flexibility index (Phi) is 6.30. The van der Waals surface area contributed by atoms with E-state index >= 15 is 0 Å². The Morgan fingerprint density at radius 2 is 0.941 bits per heavy atom. The second kappa shape index (κ2) is 10.8. The zero-order chi connectivity index (χ0) is 34.5. The Bertz CT molecular complexity index is 2720. The van der Waals surface area contributed by atoms with Gasteiger partial charge in [-0.3, -0.25) is 4.57 Å². The number of fused-ring (bicyclic) bond motifs is 6. The molecule has 10 rings (SSSR count). The van der Waals surface area contributed by atoms with Crippen LogP contribution in [0.4, 0.5) is 0 Å². The Labute approximate surface area is 299 Å². The van der Waals surface area contributed by atoms with E-state index < -0.39 is 0 Å². The average Bonchev–Trinajstić information content (AvgIpc) is 3.76. The van der Waals surface area contributed by atoms with Crippen molar-refractivity contribution in [3.05, 3.63) is 180 Å². The quantitative estimate of drug-likeness (QED) is 0.185. The molecule has 0 fully saturated rings. The van der Waals surface area contributed by atoms with E-state index in [4.69, 9.17) is 4.98 Å². The molecule has 0 saturated carbocycles. The van der Waals surface area contributed by atoms with Crippen LogP contribution in [-0.4, -0.2) is 9.55 Å². The number of hydrogen-bond donors (Lipinski definition) is 0. The molecule has 1 heterocycles. The smallest absolute Gasteiger partial charge is 0.145 e. The minimum atomic E-state index is -0.117. The number of benzene rings is 7. The Morgan fingerprint density at radius 1 is 0.431 bits per heavy atom. The highest BCUT2D eigenvalue weighted by Gasteiger charge is 2.49. The van der Waals surface area contributed by atoms with Crippen LogP contribution < -0.4 is 0 Å². The van der Waals surface area contributed by atoms with E-state index in [-0.39, 0.29) is 10.8 Å². The summed E-state index contributed by atoms with van der Waals surface area (Å²) in [6.45, 7) is 9.66. The van der Waals surface area contributed by atoms with Gasteiger partial charge < -0.3 is 0 Å². The molecule has 2 heteroatoms. The molecule has 2 aliphatic rings. The van der Waals surface area contributed by atoms with Crippen molar-refractivity contribution in [1.82, 2.24) is 9.55 Å². The molecule has 0 spiro atoms. The fourth-order valence-corrected chi connectivity index (χ4v) is 8.99. The summed E-state index contributed by atoms with van der Waals surface area (Å²) in [7, 11) is 0. The van der Waals surface area contributed by atoms with E-state index in [0.29, 0.717) is 0 Å². The lowest BCUT2D eigenvalue weighted by atomic mass is 9.74. The van der Waals surface area contributed by atoms with Crippen LogP contribution in [0.5, 0.6) is 0 Å². The highest BCUT2D eigenvalue weighted by Crippen LogP contribution is 2.63. The third-order valence-corrected chi connectivity index (χ3v) is 11.6. The van der Waals surface area contributed by atoms with Crippen molar-refractivity contribution < 1.29 is 0 Å². The SMILES string of the molecule is CC1(C)C2=C(c3ccc(-c4ccc(-c5nc6ccccc6n5-c5ccccc5)cc4)cc31)C(C)(C)c1cc(-c3ccc4ccccc4c3)ccc12. The second-order valence-electron chi connectivity index (χ2n) is 15.3. The number of aromatic nitrogens is 2. The fraction of sp³-hybridized carbons (Fsp3) is 0.122. The molecule has 0 saturated heterocycles.